The minimum atomic E-state index is 0.175. The molecule has 92 valence electrons. The molecular weight excluding hydrogens is 196 g/mol. The van der Waals surface area contributed by atoms with E-state index < -0.39 is 0 Å². The largest absolute Gasteiger partial charge is 0.326 e. The second-order valence-electron chi connectivity index (χ2n) is 5.55. The molecule has 0 aromatic heterocycles. The zero-order chi connectivity index (χ0) is 12.2. The molecule has 2 heteroatoms. The third-order valence-electron chi connectivity index (χ3n) is 4.19. The average Bonchev–Trinajstić information content (AvgIpc) is 2.25. The van der Waals surface area contributed by atoms with Gasteiger partial charge in [0, 0.05) is 18.0 Å². The molecule has 1 aliphatic carbocycles. The summed E-state index contributed by atoms with van der Waals surface area (Å²) in [5.74, 6) is 3.49. The third kappa shape index (κ3) is 2.78. The van der Waals surface area contributed by atoms with Crippen LogP contribution in [-0.2, 0) is 0 Å². The Morgan fingerprint density at radius 3 is 2.75 bits per heavy atom. The topological polar surface area (TPSA) is 29.3 Å². The first kappa shape index (κ1) is 13.5. The Morgan fingerprint density at radius 1 is 1.56 bits per heavy atom. The molecule has 0 heterocycles. The van der Waals surface area contributed by atoms with Crippen LogP contribution in [0.3, 0.4) is 0 Å². The number of hydrogen-bond donors (Lipinski definition) is 1. The van der Waals surface area contributed by atoms with Crippen molar-refractivity contribution < 1.29 is 0 Å². The minimum absolute atomic E-state index is 0.175. The highest BCUT2D eigenvalue weighted by atomic mass is 15.2. The second-order valence-corrected chi connectivity index (χ2v) is 5.55. The first-order valence-corrected chi connectivity index (χ1v) is 6.39. The fourth-order valence-corrected chi connectivity index (χ4v) is 3.15. The fourth-order valence-electron chi connectivity index (χ4n) is 3.15. The maximum absolute atomic E-state index is 6.40. The molecule has 1 saturated carbocycles. The Labute approximate surface area is 101 Å². The van der Waals surface area contributed by atoms with Crippen LogP contribution in [0.2, 0.25) is 0 Å². The highest BCUT2D eigenvalue weighted by Crippen LogP contribution is 2.38. The number of terminal acetylenes is 1. The van der Waals surface area contributed by atoms with Gasteiger partial charge >= 0.3 is 0 Å². The summed E-state index contributed by atoms with van der Waals surface area (Å²) in [7, 11) is 4.32. The monoisotopic (exact) mass is 222 g/mol. The summed E-state index contributed by atoms with van der Waals surface area (Å²) >= 11 is 0. The van der Waals surface area contributed by atoms with Crippen molar-refractivity contribution in [1.82, 2.24) is 4.90 Å². The lowest BCUT2D eigenvalue weighted by molar-refractivity contribution is 0.0481. The summed E-state index contributed by atoms with van der Waals surface area (Å²) in [5, 5.41) is 0. The second kappa shape index (κ2) is 5.70. The smallest absolute Gasteiger partial charge is 0.0357 e. The van der Waals surface area contributed by atoms with Crippen molar-refractivity contribution in [2.24, 2.45) is 11.7 Å². The average molecular weight is 222 g/mol. The number of hydrogen-bond acceptors (Lipinski definition) is 2. The molecule has 1 rings (SSSR count). The summed E-state index contributed by atoms with van der Waals surface area (Å²) in [5.41, 5.74) is 6.57. The molecule has 3 atom stereocenters. The highest BCUT2D eigenvalue weighted by Gasteiger charge is 2.41. The number of rotatable bonds is 4. The summed E-state index contributed by atoms with van der Waals surface area (Å²) in [6, 6.07) is 0.210. The zero-order valence-electron chi connectivity index (χ0n) is 11.0. The first-order valence-electron chi connectivity index (χ1n) is 6.39. The van der Waals surface area contributed by atoms with Gasteiger partial charge in [-0.25, -0.2) is 0 Å². The van der Waals surface area contributed by atoms with E-state index in [1.807, 2.05) is 0 Å². The normalized spacial score (nSPS) is 32.4. The molecule has 3 unspecified atom stereocenters. The molecule has 0 aromatic rings. The van der Waals surface area contributed by atoms with Crippen LogP contribution in [0.5, 0.6) is 0 Å². The molecule has 2 N–H and O–H groups in total. The van der Waals surface area contributed by atoms with Gasteiger partial charge in [-0.1, -0.05) is 19.8 Å². The van der Waals surface area contributed by atoms with Gasteiger partial charge in [-0.05, 0) is 39.3 Å². The lowest BCUT2D eigenvalue weighted by Crippen LogP contribution is -2.59. The summed E-state index contributed by atoms with van der Waals surface area (Å²) in [4.78, 5) is 2.34. The van der Waals surface area contributed by atoms with Crippen LogP contribution in [0.1, 0.15) is 45.4 Å². The van der Waals surface area contributed by atoms with E-state index in [-0.39, 0.29) is 11.6 Å². The van der Waals surface area contributed by atoms with E-state index in [9.17, 15) is 0 Å². The lowest BCUT2D eigenvalue weighted by atomic mass is 9.70. The number of nitrogens with two attached hydrogens (primary N) is 1. The van der Waals surface area contributed by atoms with Gasteiger partial charge in [0.25, 0.3) is 0 Å². The number of likely N-dealkylation sites (N-methyl/N-ethyl adjacent to an activating group) is 1. The molecular formula is C14H26N2. The number of nitrogens with zero attached hydrogens (tertiary/aromatic N) is 1. The Bertz CT molecular complexity index is 254. The fraction of sp³-hybridized carbons (Fsp3) is 0.857. The Kier molecular flexibility index (Phi) is 4.83. The summed E-state index contributed by atoms with van der Waals surface area (Å²) in [6.07, 6.45) is 12.1. The van der Waals surface area contributed by atoms with E-state index in [0.717, 1.165) is 18.8 Å². The Morgan fingerprint density at radius 2 is 2.25 bits per heavy atom. The predicted octanol–water partition coefficient (Wildman–Crippen LogP) is 2.24. The van der Waals surface area contributed by atoms with Gasteiger partial charge in [0.15, 0.2) is 0 Å². The molecule has 16 heavy (non-hydrogen) atoms. The van der Waals surface area contributed by atoms with Crippen LogP contribution in [0, 0.1) is 18.3 Å². The summed E-state index contributed by atoms with van der Waals surface area (Å²) in [6.45, 7) is 2.34. The van der Waals surface area contributed by atoms with E-state index in [2.05, 4.69) is 31.8 Å². The van der Waals surface area contributed by atoms with Crippen molar-refractivity contribution in [3.63, 3.8) is 0 Å². The minimum Gasteiger partial charge on any atom is -0.326 e. The van der Waals surface area contributed by atoms with Crippen LogP contribution in [0.25, 0.3) is 0 Å². The predicted molar refractivity (Wildman–Crippen MR) is 70.1 cm³/mol. The van der Waals surface area contributed by atoms with Crippen LogP contribution in [0.15, 0.2) is 0 Å². The van der Waals surface area contributed by atoms with Gasteiger partial charge in [-0.15, -0.1) is 12.3 Å². The van der Waals surface area contributed by atoms with Gasteiger partial charge in [0.2, 0.25) is 0 Å². The van der Waals surface area contributed by atoms with Gasteiger partial charge in [0.1, 0.15) is 0 Å². The van der Waals surface area contributed by atoms with Gasteiger partial charge in [0.05, 0.1) is 0 Å². The van der Waals surface area contributed by atoms with Crippen LogP contribution in [-0.4, -0.2) is 30.6 Å². The van der Waals surface area contributed by atoms with E-state index in [0.29, 0.717) is 0 Å². The zero-order valence-corrected chi connectivity index (χ0v) is 11.0. The van der Waals surface area contributed by atoms with Crippen molar-refractivity contribution in [2.45, 2.75) is 57.0 Å². The molecule has 1 fully saturated rings. The van der Waals surface area contributed by atoms with Crippen molar-refractivity contribution >= 4 is 0 Å². The molecule has 1 aliphatic rings. The standard InChI is InChI=1S/C14H26N2/c1-5-6-9-13(15)14(16(3)4)10-7-8-12(2)11-14/h1,12-13H,6-11,15H2,2-4H3. The maximum Gasteiger partial charge on any atom is 0.0357 e. The Hall–Kier alpha value is -0.520. The van der Waals surface area contributed by atoms with E-state index in [1.54, 1.807) is 0 Å². The molecule has 0 bridgehead atoms. The molecule has 0 aliphatic heterocycles. The van der Waals surface area contributed by atoms with Crippen molar-refractivity contribution in [1.29, 1.82) is 0 Å². The summed E-state index contributed by atoms with van der Waals surface area (Å²) < 4.78 is 0. The molecule has 0 spiro atoms. The molecule has 0 saturated heterocycles. The SMILES string of the molecule is C#CCCC(N)C1(N(C)C)CCCC(C)C1. The first-order chi connectivity index (χ1) is 7.53. The third-order valence-corrected chi connectivity index (χ3v) is 4.19. The lowest BCUT2D eigenvalue weighted by Gasteiger charge is -2.49. The van der Waals surface area contributed by atoms with Crippen LogP contribution in [0.4, 0.5) is 0 Å². The molecule has 2 nitrogen and oxygen atoms in total. The molecule has 0 radical (unpaired) electrons. The van der Waals surface area contributed by atoms with E-state index in [1.165, 1.54) is 25.7 Å². The van der Waals surface area contributed by atoms with Gasteiger partial charge < -0.3 is 10.6 Å². The van der Waals surface area contributed by atoms with E-state index in [4.69, 9.17) is 12.2 Å². The quantitative estimate of drug-likeness (QED) is 0.739. The highest BCUT2D eigenvalue weighted by molar-refractivity contribution is 5.01. The maximum atomic E-state index is 6.40. The Balaban J connectivity index is 2.75. The van der Waals surface area contributed by atoms with E-state index >= 15 is 0 Å². The van der Waals surface area contributed by atoms with Crippen molar-refractivity contribution in [3.05, 3.63) is 0 Å². The molecule has 0 amide bonds. The van der Waals surface area contributed by atoms with Gasteiger partial charge in [-0.2, -0.15) is 0 Å². The van der Waals surface area contributed by atoms with Crippen LogP contribution >= 0.6 is 0 Å². The van der Waals surface area contributed by atoms with Crippen molar-refractivity contribution in [3.8, 4) is 12.3 Å². The van der Waals surface area contributed by atoms with Crippen molar-refractivity contribution in [2.75, 3.05) is 14.1 Å². The van der Waals surface area contributed by atoms with Gasteiger partial charge in [-0.3, -0.25) is 0 Å². The van der Waals surface area contributed by atoms with Crippen LogP contribution < -0.4 is 5.73 Å². The molecule has 0 aromatic carbocycles.